The number of hydrogen-bond donors (Lipinski definition) is 1. The lowest BCUT2D eigenvalue weighted by molar-refractivity contribution is -0.120. The van der Waals surface area contributed by atoms with Crippen molar-refractivity contribution in [2.45, 2.75) is 18.7 Å². The van der Waals surface area contributed by atoms with Crippen LogP contribution in [0.5, 0.6) is 0 Å². The summed E-state index contributed by atoms with van der Waals surface area (Å²) in [6.07, 6.45) is 0.539. The Bertz CT molecular complexity index is 540. The molecule has 0 aliphatic rings. The van der Waals surface area contributed by atoms with Crippen LogP contribution in [0, 0.1) is 0 Å². The second-order valence-electron chi connectivity index (χ2n) is 4.00. The fourth-order valence-electron chi connectivity index (χ4n) is 1.57. The Morgan fingerprint density at radius 3 is 2.84 bits per heavy atom. The highest BCUT2D eigenvalue weighted by molar-refractivity contribution is 6.30. The second kappa shape index (κ2) is 6.29. The number of tetrazole rings is 1. The Kier molecular flexibility index (Phi) is 4.46. The van der Waals surface area contributed by atoms with Crippen LogP contribution in [0.15, 0.2) is 30.3 Å². The normalized spacial score (nSPS) is 12.1. The van der Waals surface area contributed by atoms with E-state index in [4.69, 9.17) is 11.6 Å². The minimum Gasteiger partial charge on any atom is -0.354 e. The molecule has 0 spiro atoms. The molecule has 1 unspecified atom stereocenters. The highest BCUT2D eigenvalue weighted by Crippen LogP contribution is 2.06. The van der Waals surface area contributed by atoms with Crippen LogP contribution in [0.25, 0.3) is 5.69 Å². The van der Waals surface area contributed by atoms with E-state index in [1.54, 1.807) is 11.6 Å². The molecule has 0 radical (unpaired) electrons. The molecule has 1 amide bonds. The zero-order chi connectivity index (χ0) is 13.7. The lowest BCUT2D eigenvalue weighted by atomic mass is 10.3. The standard InChI is InChI=1S/C12H14ClN5O/c1-9(13)12(19)14-8-7-11-15-16-17-18(11)10-5-3-2-4-6-10/h2-6,9H,7-8H2,1H3,(H,14,19). The summed E-state index contributed by atoms with van der Waals surface area (Å²) in [7, 11) is 0. The van der Waals surface area contributed by atoms with Crippen molar-refractivity contribution in [3.05, 3.63) is 36.2 Å². The first-order chi connectivity index (χ1) is 9.18. The Hall–Kier alpha value is -1.95. The van der Waals surface area contributed by atoms with Crippen molar-refractivity contribution < 1.29 is 4.79 Å². The van der Waals surface area contributed by atoms with E-state index in [-0.39, 0.29) is 5.91 Å². The molecule has 1 aromatic heterocycles. The first kappa shape index (κ1) is 13.5. The van der Waals surface area contributed by atoms with Crippen molar-refractivity contribution in [2.75, 3.05) is 6.54 Å². The van der Waals surface area contributed by atoms with Crippen molar-refractivity contribution in [3.8, 4) is 5.69 Å². The smallest absolute Gasteiger partial charge is 0.237 e. The third kappa shape index (κ3) is 3.51. The van der Waals surface area contributed by atoms with E-state index in [2.05, 4.69) is 20.8 Å². The molecule has 1 atom stereocenters. The van der Waals surface area contributed by atoms with Crippen molar-refractivity contribution in [2.24, 2.45) is 0 Å². The van der Waals surface area contributed by atoms with Crippen molar-refractivity contribution in [3.63, 3.8) is 0 Å². The van der Waals surface area contributed by atoms with Crippen LogP contribution in [0.2, 0.25) is 0 Å². The number of amides is 1. The van der Waals surface area contributed by atoms with Gasteiger partial charge in [-0.1, -0.05) is 18.2 Å². The number of nitrogens with one attached hydrogen (secondary N) is 1. The van der Waals surface area contributed by atoms with Gasteiger partial charge in [-0.15, -0.1) is 16.7 Å². The summed E-state index contributed by atoms with van der Waals surface area (Å²) in [5, 5.41) is 13.7. The van der Waals surface area contributed by atoms with Crippen LogP contribution in [-0.4, -0.2) is 38.0 Å². The number of halogens is 1. The maximum absolute atomic E-state index is 11.3. The molecular formula is C12H14ClN5O. The van der Waals surface area contributed by atoms with Gasteiger partial charge >= 0.3 is 0 Å². The first-order valence-electron chi connectivity index (χ1n) is 5.93. The predicted octanol–water partition coefficient (Wildman–Crippen LogP) is 0.948. The molecule has 0 aliphatic carbocycles. The Morgan fingerprint density at radius 2 is 2.16 bits per heavy atom. The minimum absolute atomic E-state index is 0.194. The molecule has 6 nitrogen and oxygen atoms in total. The summed E-state index contributed by atoms with van der Waals surface area (Å²) in [6, 6.07) is 9.59. The molecule has 0 bridgehead atoms. The first-order valence-corrected chi connectivity index (χ1v) is 6.36. The van der Waals surface area contributed by atoms with Crippen molar-refractivity contribution in [1.29, 1.82) is 0 Å². The fraction of sp³-hybridized carbons (Fsp3) is 0.333. The Labute approximate surface area is 115 Å². The number of carbonyl (C=O) groups excluding carboxylic acids is 1. The molecule has 1 heterocycles. The summed E-state index contributed by atoms with van der Waals surface area (Å²) in [6.45, 7) is 2.08. The van der Waals surface area contributed by atoms with Crippen LogP contribution in [-0.2, 0) is 11.2 Å². The zero-order valence-electron chi connectivity index (χ0n) is 10.5. The van der Waals surface area contributed by atoms with Gasteiger partial charge < -0.3 is 5.32 Å². The summed E-state index contributed by atoms with van der Waals surface area (Å²) in [4.78, 5) is 11.3. The average molecular weight is 280 g/mol. The van der Waals surface area contributed by atoms with E-state index in [9.17, 15) is 4.79 Å². The van der Waals surface area contributed by atoms with E-state index in [1.807, 2.05) is 30.3 Å². The van der Waals surface area contributed by atoms with Gasteiger partial charge in [0, 0.05) is 13.0 Å². The predicted molar refractivity (Wildman–Crippen MR) is 71.2 cm³/mol. The van der Waals surface area contributed by atoms with Gasteiger partial charge in [-0.2, -0.15) is 4.68 Å². The van der Waals surface area contributed by atoms with Crippen LogP contribution < -0.4 is 5.32 Å². The Balaban J connectivity index is 1.99. The van der Waals surface area contributed by atoms with E-state index in [0.29, 0.717) is 18.8 Å². The largest absolute Gasteiger partial charge is 0.354 e. The van der Waals surface area contributed by atoms with E-state index < -0.39 is 5.38 Å². The highest BCUT2D eigenvalue weighted by Gasteiger charge is 2.10. The minimum atomic E-state index is -0.537. The molecule has 2 rings (SSSR count). The highest BCUT2D eigenvalue weighted by atomic mass is 35.5. The molecular weight excluding hydrogens is 266 g/mol. The molecule has 19 heavy (non-hydrogen) atoms. The van der Waals surface area contributed by atoms with E-state index in [0.717, 1.165) is 5.69 Å². The topological polar surface area (TPSA) is 72.7 Å². The van der Waals surface area contributed by atoms with Crippen molar-refractivity contribution >= 4 is 17.5 Å². The van der Waals surface area contributed by atoms with Gasteiger partial charge in [0.2, 0.25) is 5.91 Å². The van der Waals surface area contributed by atoms with Crippen LogP contribution >= 0.6 is 11.6 Å². The van der Waals surface area contributed by atoms with Crippen molar-refractivity contribution in [1.82, 2.24) is 25.5 Å². The molecule has 100 valence electrons. The van der Waals surface area contributed by atoms with Gasteiger partial charge in [0.15, 0.2) is 5.82 Å². The molecule has 0 fully saturated rings. The van der Waals surface area contributed by atoms with Gasteiger partial charge in [0.1, 0.15) is 5.38 Å². The van der Waals surface area contributed by atoms with E-state index in [1.165, 1.54) is 0 Å². The third-order valence-corrected chi connectivity index (χ3v) is 2.74. The van der Waals surface area contributed by atoms with Gasteiger partial charge in [0.05, 0.1) is 5.69 Å². The summed E-state index contributed by atoms with van der Waals surface area (Å²) < 4.78 is 1.65. The van der Waals surface area contributed by atoms with Gasteiger partial charge in [0.25, 0.3) is 0 Å². The monoisotopic (exact) mass is 279 g/mol. The Morgan fingerprint density at radius 1 is 1.42 bits per heavy atom. The SMILES string of the molecule is CC(Cl)C(=O)NCCc1nnnn1-c1ccccc1. The molecule has 7 heteroatoms. The summed E-state index contributed by atoms with van der Waals surface area (Å²) >= 11 is 5.66. The van der Waals surface area contributed by atoms with Gasteiger partial charge in [-0.3, -0.25) is 4.79 Å². The van der Waals surface area contributed by atoms with Crippen LogP contribution in [0.4, 0.5) is 0 Å². The maximum Gasteiger partial charge on any atom is 0.237 e. The number of carbonyl (C=O) groups is 1. The summed E-state index contributed by atoms with van der Waals surface area (Å²) in [5.74, 6) is 0.495. The van der Waals surface area contributed by atoms with E-state index >= 15 is 0 Å². The molecule has 1 N–H and O–H groups in total. The molecule has 0 saturated carbocycles. The number of para-hydroxylation sites is 1. The lowest BCUT2D eigenvalue weighted by Crippen LogP contribution is -2.31. The average Bonchev–Trinajstić information content (AvgIpc) is 2.88. The molecule has 0 saturated heterocycles. The quantitative estimate of drug-likeness (QED) is 0.827. The molecule has 2 aromatic rings. The van der Waals surface area contributed by atoms with Crippen LogP contribution in [0.1, 0.15) is 12.7 Å². The third-order valence-electron chi connectivity index (χ3n) is 2.54. The summed E-state index contributed by atoms with van der Waals surface area (Å²) in [5.41, 5.74) is 0.888. The lowest BCUT2D eigenvalue weighted by Gasteiger charge is -2.06. The number of nitrogens with zero attached hydrogens (tertiary/aromatic N) is 4. The zero-order valence-corrected chi connectivity index (χ0v) is 11.2. The fourth-order valence-corrected chi connectivity index (χ4v) is 1.65. The number of hydrogen-bond acceptors (Lipinski definition) is 4. The number of alkyl halides is 1. The maximum atomic E-state index is 11.3. The van der Waals surface area contributed by atoms with Crippen LogP contribution in [0.3, 0.4) is 0 Å². The second-order valence-corrected chi connectivity index (χ2v) is 4.65. The molecule has 1 aromatic carbocycles. The number of aromatic nitrogens is 4. The number of rotatable bonds is 5. The number of benzene rings is 1. The molecule has 0 aliphatic heterocycles. The van der Waals surface area contributed by atoms with Gasteiger partial charge in [-0.25, -0.2) is 0 Å². The van der Waals surface area contributed by atoms with Gasteiger partial charge in [-0.05, 0) is 29.5 Å².